The van der Waals surface area contributed by atoms with Gasteiger partial charge in [-0.1, -0.05) is 32.0 Å². The lowest BCUT2D eigenvalue weighted by atomic mass is 9.95. The number of hydrogen-bond donors (Lipinski definition) is 4. The van der Waals surface area contributed by atoms with Crippen LogP contribution in [0.1, 0.15) is 82.6 Å². The zero-order valence-electron chi connectivity index (χ0n) is 35.3. The van der Waals surface area contributed by atoms with E-state index in [0.29, 0.717) is 89.3 Å². The Balaban J connectivity index is 0.788. The van der Waals surface area contributed by atoms with Crippen LogP contribution >= 0.6 is 0 Å². The molecular weight excluding hydrogens is 844 g/mol. The summed E-state index contributed by atoms with van der Waals surface area (Å²) in [7, 11) is 0. The van der Waals surface area contributed by atoms with Crippen LogP contribution in [0.15, 0.2) is 59.3 Å². The Bertz CT molecular complexity index is 2590. The first-order valence-corrected chi connectivity index (χ1v) is 21.0. The predicted octanol–water partition coefficient (Wildman–Crippen LogP) is 7.49. The number of nitrogens with zero attached hydrogens (tertiary/aromatic N) is 6. The molecule has 4 N–H and O–H groups in total. The SMILES string of the molecule is Cc1c([C@@H](NC(=O)Nc2cnc(N3CCC(C(=O)N4CCN(Cc5ccc6c(c5)CN(C(=O)c5cc(C(C)C)c(O)cc5O)C6)CC4)CC3)nc2)C(F)(F)F)oc2c(F)cc(F)cc12. The van der Waals surface area contributed by atoms with Gasteiger partial charge in [-0.2, -0.15) is 13.2 Å². The van der Waals surface area contributed by atoms with Crippen LogP contribution in [-0.2, 0) is 24.4 Å². The molecule has 5 heterocycles. The Morgan fingerprint density at radius 1 is 0.875 bits per heavy atom. The number of carbonyl (C=O) groups excluding carboxylic acids is 3. The molecule has 338 valence electrons. The number of nitrogens with one attached hydrogen (secondary N) is 2. The van der Waals surface area contributed by atoms with Crippen LogP contribution in [0.25, 0.3) is 11.0 Å². The zero-order chi connectivity index (χ0) is 45.6. The van der Waals surface area contributed by atoms with E-state index in [0.717, 1.165) is 22.8 Å². The highest BCUT2D eigenvalue weighted by atomic mass is 19.4. The number of piperidine rings is 1. The normalized spacial score (nSPS) is 16.7. The summed E-state index contributed by atoms with van der Waals surface area (Å²) in [5.74, 6) is -3.32. The van der Waals surface area contributed by atoms with Gasteiger partial charge in [0.1, 0.15) is 23.1 Å². The van der Waals surface area contributed by atoms with Gasteiger partial charge in [-0.25, -0.2) is 23.5 Å². The molecule has 2 aromatic heterocycles. The Hall–Kier alpha value is -6.50. The van der Waals surface area contributed by atoms with Gasteiger partial charge in [0.2, 0.25) is 11.9 Å². The van der Waals surface area contributed by atoms with Crippen LogP contribution < -0.4 is 15.5 Å². The second-order valence-corrected chi connectivity index (χ2v) is 16.9. The Morgan fingerprint density at radius 3 is 2.23 bits per heavy atom. The second kappa shape index (κ2) is 17.6. The number of furan rings is 1. The summed E-state index contributed by atoms with van der Waals surface area (Å²) in [6, 6.07) is 6.43. The number of rotatable bonds is 9. The quantitative estimate of drug-likeness (QED) is 0.109. The van der Waals surface area contributed by atoms with Gasteiger partial charge >= 0.3 is 12.2 Å². The number of hydrogen-bond acceptors (Lipinski definition) is 10. The zero-order valence-corrected chi connectivity index (χ0v) is 35.3. The molecule has 2 fully saturated rings. The Kier molecular flexibility index (Phi) is 12.1. The van der Waals surface area contributed by atoms with Crippen molar-refractivity contribution < 1.29 is 51.0 Å². The van der Waals surface area contributed by atoms with Crippen molar-refractivity contribution >= 4 is 40.5 Å². The molecule has 1 atom stereocenters. The average Bonchev–Trinajstić information content (AvgIpc) is 3.83. The van der Waals surface area contributed by atoms with Crippen LogP contribution in [-0.4, -0.2) is 98.2 Å². The maximum atomic E-state index is 14.3. The number of aryl methyl sites for hydroxylation is 1. The van der Waals surface area contributed by atoms with Crippen molar-refractivity contribution in [2.75, 3.05) is 49.5 Å². The molecule has 19 heteroatoms. The molecule has 14 nitrogen and oxygen atoms in total. The minimum Gasteiger partial charge on any atom is -0.508 e. The standard InChI is InChI=1S/C45H47F5N8O6/c1-24(2)32-17-34(37(60)18-36(32)59)42(62)58-22-28-5-4-26(14-29(28)23-58)21-55-10-12-56(13-11-55)41(61)27-6-8-57(9-7-27)43-51-19-31(20-52-43)53-44(63)54-40(45(48,49)50)38-25(3)33-15-30(46)16-35(47)39(33)64-38/h4-5,14-20,24,27,40,59-60H,6-13,21-23H2,1-3H3,(H2,53,54,63)/t40-/m1/s1. The van der Waals surface area contributed by atoms with Gasteiger partial charge in [0.25, 0.3) is 5.91 Å². The molecule has 0 spiro atoms. The average molecular weight is 891 g/mol. The van der Waals surface area contributed by atoms with Crippen molar-refractivity contribution in [2.45, 2.75) is 71.4 Å². The van der Waals surface area contributed by atoms with Crippen molar-refractivity contribution in [3.63, 3.8) is 0 Å². The fourth-order valence-corrected chi connectivity index (χ4v) is 8.74. The minimum atomic E-state index is -5.05. The van der Waals surface area contributed by atoms with Crippen LogP contribution in [0, 0.1) is 24.5 Å². The number of aromatic hydroxyl groups is 2. The molecule has 3 aromatic carbocycles. The summed E-state index contributed by atoms with van der Waals surface area (Å²) < 4.78 is 75.5. The van der Waals surface area contributed by atoms with Gasteiger partial charge in [0.15, 0.2) is 17.4 Å². The van der Waals surface area contributed by atoms with Crippen LogP contribution in [0.4, 0.5) is 38.4 Å². The van der Waals surface area contributed by atoms with Crippen LogP contribution in [0.3, 0.4) is 0 Å². The molecule has 0 unspecified atom stereocenters. The van der Waals surface area contributed by atoms with Crippen molar-refractivity contribution in [1.82, 2.24) is 30.0 Å². The molecule has 0 radical (unpaired) electrons. The minimum absolute atomic E-state index is 0.00385. The summed E-state index contributed by atoms with van der Waals surface area (Å²) in [5, 5.41) is 24.6. The molecular formula is C45H47F5N8O6. The monoisotopic (exact) mass is 890 g/mol. The maximum absolute atomic E-state index is 14.3. The van der Waals surface area contributed by atoms with Gasteiger partial charge in [-0.15, -0.1) is 0 Å². The number of phenolic OH excluding ortho intramolecular Hbond substituents is 2. The van der Waals surface area contributed by atoms with E-state index in [4.69, 9.17) is 4.42 Å². The van der Waals surface area contributed by atoms with E-state index < -0.39 is 41.2 Å². The fourth-order valence-electron chi connectivity index (χ4n) is 8.74. The number of fused-ring (bicyclic) bond motifs is 2. The van der Waals surface area contributed by atoms with E-state index in [1.807, 2.05) is 29.7 Å². The molecule has 8 rings (SSSR count). The predicted molar refractivity (Wildman–Crippen MR) is 225 cm³/mol. The summed E-state index contributed by atoms with van der Waals surface area (Å²) >= 11 is 0. The number of anilines is 2. The lowest BCUT2D eigenvalue weighted by molar-refractivity contribution is -0.158. The summed E-state index contributed by atoms with van der Waals surface area (Å²) in [4.78, 5) is 56.1. The number of urea groups is 1. The Morgan fingerprint density at radius 2 is 1.56 bits per heavy atom. The third kappa shape index (κ3) is 9.11. The number of alkyl halides is 3. The van der Waals surface area contributed by atoms with Crippen molar-refractivity contribution in [3.8, 4) is 11.5 Å². The molecule has 4 amide bonds. The second-order valence-electron chi connectivity index (χ2n) is 16.9. The number of aromatic nitrogens is 2. The maximum Gasteiger partial charge on any atom is 0.416 e. The van der Waals surface area contributed by atoms with E-state index in [1.165, 1.54) is 25.4 Å². The topological polar surface area (TPSA) is 168 Å². The summed E-state index contributed by atoms with van der Waals surface area (Å²) in [6.07, 6.45) is -1.41. The molecule has 0 saturated carbocycles. The largest absolute Gasteiger partial charge is 0.508 e. The third-order valence-corrected chi connectivity index (χ3v) is 12.2. The first-order chi connectivity index (χ1) is 30.4. The van der Waals surface area contributed by atoms with Gasteiger partial charge in [-0.3, -0.25) is 14.5 Å². The van der Waals surface area contributed by atoms with Crippen LogP contribution in [0.2, 0.25) is 0 Å². The molecule has 0 aliphatic carbocycles. The van der Waals surface area contributed by atoms with E-state index in [-0.39, 0.29) is 57.3 Å². The summed E-state index contributed by atoms with van der Waals surface area (Å²) in [5.41, 5.74) is 3.22. The number of carbonyl (C=O) groups is 3. The number of amides is 4. The van der Waals surface area contributed by atoms with E-state index in [9.17, 15) is 46.5 Å². The van der Waals surface area contributed by atoms with E-state index >= 15 is 0 Å². The van der Waals surface area contributed by atoms with Crippen molar-refractivity contribution in [3.05, 3.63) is 106 Å². The van der Waals surface area contributed by atoms with Crippen LogP contribution in [0.5, 0.6) is 11.5 Å². The molecule has 3 aliphatic heterocycles. The van der Waals surface area contributed by atoms with Gasteiger partial charge in [-0.05, 0) is 60.1 Å². The highest BCUT2D eigenvalue weighted by Gasteiger charge is 2.46. The molecule has 2 saturated heterocycles. The van der Waals surface area contributed by atoms with Gasteiger partial charge in [0.05, 0.1) is 23.6 Å². The highest BCUT2D eigenvalue weighted by molar-refractivity contribution is 5.97. The van der Waals surface area contributed by atoms with Gasteiger partial charge in [0, 0.05) is 87.9 Å². The smallest absolute Gasteiger partial charge is 0.416 e. The van der Waals surface area contributed by atoms with Crippen molar-refractivity contribution in [2.24, 2.45) is 5.92 Å². The molecule has 64 heavy (non-hydrogen) atoms. The van der Waals surface area contributed by atoms with E-state index in [2.05, 4.69) is 32.3 Å². The summed E-state index contributed by atoms with van der Waals surface area (Å²) in [6.45, 7) is 10.1. The lowest BCUT2D eigenvalue weighted by Gasteiger charge is -2.38. The lowest BCUT2D eigenvalue weighted by Crippen LogP contribution is -2.51. The van der Waals surface area contributed by atoms with E-state index in [1.54, 1.807) is 16.3 Å². The third-order valence-electron chi connectivity index (χ3n) is 12.2. The number of benzene rings is 3. The van der Waals surface area contributed by atoms with Gasteiger partial charge < -0.3 is 40.0 Å². The first kappa shape index (κ1) is 44.1. The molecule has 0 bridgehead atoms. The fraction of sp³-hybridized carbons (Fsp3) is 0.400. The number of piperazine rings is 1. The molecule has 3 aliphatic rings. The molecule has 5 aromatic rings. The highest BCUT2D eigenvalue weighted by Crippen LogP contribution is 2.40. The Labute approximate surface area is 364 Å². The van der Waals surface area contributed by atoms with Crippen molar-refractivity contribution in [1.29, 1.82) is 0 Å². The first-order valence-electron chi connectivity index (χ1n) is 21.0. The number of halogens is 5. The number of phenols is 2.